The number of likely N-dealkylation sites (N-methyl/N-ethyl adjacent to an activating group) is 1. The van der Waals surface area contributed by atoms with Crippen LogP contribution in [0.2, 0.25) is 0 Å². The second kappa shape index (κ2) is 6.72. The van der Waals surface area contributed by atoms with Crippen molar-refractivity contribution in [1.82, 2.24) is 14.8 Å². The Hall–Kier alpha value is -2.11. The third-order valence-electron chi connectivity index (χ3n) is 2.65. The van der Waals surface area contributed by atoms with Gasteiger partial charge in [-0.15, -0.1) is 0 Å². The van der Waals surface area contributed by atoms with Crippen molar-refractivity contribution in [2.45, 2.75) is 13.3 Å². The third-order valence-corrected chi connectivity index (χ3v) is 2.65. The minimum Gasteiger partial charge on any atom is -0.397 e. The van der Waals surface area contributed by atoms with Crippen molar-refractivity contribution >= 4 is 17.5 Å². The number of anilines is 1. The van der Waals surface area contributed by atoms with Crippen LogP contribution in [0.15, 0.2) is 18.3 Å². The van der Waals surface area contributed by atoms with E-state index in [1.165, 1.54) is 16.0 Å². The van der Waals surface area contributed by atoms with Crippen LogP contribution in [-0.4, -0.2) is 53.8 Å². The molecule has 0 bridgehead atoms. The van der Waals surface area contributed by atoms with Gasteiger partial charge in [-0.2, -0.15) is 0 Å². The maximum absolute atomic E-state index is 12.3. The summed E-state index contributed by atoms with van der Waals surface area (Å²) in [4.78, 5) is 31.0. The van der Waals surface area contributed by atoms with E-state index < -0.39 is 0 Å². The lowest BCUT2D eigenvalue weighted by Gasteiger charge is -2.23. The molecule has 6 heteroatoms. The molecule has 0 unspecified atom stereocenters. The number of nitrogens with zero attached hydrogens (tertiary/aromatic N) is 3. The van der Waals surface area contributed by atoms with Gasteiger partial charge in [-0.1, -0.05) is 6.92 Å². The van der Waals surface area contributed by atoms with Gasteiger partial charge in [0.25, 0.3) is 5.91 Å². The summed E-state index contributed by atoms with van der Waals surface area (Å²) in [5, 5.41) is 0. The Kier molecular flexibility index (Phi) is 5.29. The van der Waals surface area contributed by atoms with Crippen molar-refractivity contribution in [2.75, 3.05) is 32.9 Å². The second-order valence-electron chi connectivity index (χ2n) is 4.46. The Morgan fingerprint density at radius 1 is 1.37 bits per heavy atom. The zero-order chi connectivity index (χ0) is 14.4. The third kappa shape index (κ3) is 3.94. The summed E-state index contributed by atoms with van der Waals surface area (Å²) in [7, 11) is 3.32. The molecule has 0 aliphatic rings. The summed E-state index contributed by atoms with van der Waals surface area (Å²) in [6.07, 6.45) is 2.28. The van der Waals surface area contributed by atoms with Crippen LogP contribution < -0.4 is 5.73 Å². The fraction of sp³-hybridized carbons (Fsp3) is 0.462. The minimum atomic E-state index is -0.310. The van der Waals surface area contributed by atoms with Gasteiger partial charge in [0, 0.05) is 26.8 Å². The monoisotopic (exact) mass is 264 g/mol. The number of hydrogen-bond donors (Lipinski definition) is 1. The zero-order valence-corrected chi connectivity index (χ0v) is 11.6. The molecule has 1 heterocycles. The summed E-state index contributed by atoms with van der Waals surface area (Å²) >= 11 is 0. The first-order chi connectivity index (χ1) is 8.97. The van der Waals surface area contributed by atoms with Gasteiger partial charge >= 0.3 is 0 Å². The van der Waals surface area contributed by atoms with Crippen molar-refractivity contribution in [3.63, 3.8) is 0 Å². The van der Waals surface area contributed by atoms with Gasteiger partial charge in [-0.3, -0.25) is 9.59 Å². The number of aromatic nitrogens is 1. The number of rotatable bonds is 5. The van der Waals surface area contributed by atoms with E-state index >= 15 is 0 Å². The summed E-state index contributed by atoms with van der Waals surface area (Å²) in [5.74, 6) is -0.438. The van der Waals surface area contributed by atoms with Gasteiger partial charge in [0.2, 0.25) is 5.91 Å². The number of nitrogens with two attached hydrogens (primary N) is 1. The van der Waals surface area contributed by atoms with Crippen LogP contribution in [0.3, 0.4) is 0 Å². The molecule has 0 saturated carbocycles. The fourth-order valence-electron chi connectivity index (χ4n) is 1.57. The molecular formula is C13H20N4O2. The van der Waals surface area contributed by atoms with Gasteiger partial charge < -0.3 is 15.5 Å². The molecule has 1 aromatic heterocycles. The molecule has 6 nitrogen and oxygen atoms in total. The summed E-state index contributed by atoms with van der Waals surface area (Å²) in [6, 6.07) is 3.29. The summed E-state index contributed by atoms with van der Waals surface area (Å²) in [5.41, 5.74) is 6.26. The topological polar surface area (TPSA) is 79.5 Å². The zero-order valence-electron chi connectivity index (χ0n) is 11.6. The molecule has 1 aromatic rings. The summed E-state index contributed by atoms with van der Waals surface area (Å²) in [6.45, 7) is 2.48. The fourth-order valence-corrected chi connectivity index (χ4v) is 1.57. The lowest BCUT2D eigenvalue weighted by atomic mass is 10.2. The SMILES string of the molecule is CCCN(CC(=O)N(C)C)C(=O)c1ncccc1N. The predicted molar refractivity (Wildman–Crippen MR) is 73.5 cm³/mol. The Morgan fingerprint density at radius 3 is 2.58 bits per heavy atom. The highest BCUT2D eigenvalue weighted by molar-refractivity contribution is 5.98. The Labute approximate surface area is 113 Å². The maximum atomic E-state index is 12.3. The average Bonchev–Trinajstić information content (AvgIpc) is 2.37. The first-order valence-electron chi connectivity index (χ1n) is 6.17. The summed E-state index contributed by atoms with van der Waals surface area (Å²) < 4.78 is 0. The molecule has 0 aromatic carbocycles. The van der Waals surface area contributed by atoms with Gasteiger partial charge in [0.15, 0.2) is 5.69 Å². The standard InChI is InChI=1S/C13H20N4O2/c1-4-8-17(9-11(18)16(2)3)13(19)12-10(14)6-5-7-15-12/h5-7H,4,8-9,14H2,1-3H3. The van der Waals surface area contributed by atoms with Crippen LogP contribution in [0.5, 0.6) is 0 Å². The molecule has 0 spiro atoms. The molecule has 2 amide bonds. The van der Waals surface area contributed by atoms with Crippen LogP contribution in [0.1, 0.15) is 23.8 Å². The highest BCUT2D eigenvalue weighted by Gasteiger charge is 2.21. The van der Waals surface area contributed by atoms with E-state index in [1.54, 1.807) is 26.2 Å². The Morgan fingerprint density at radius 2 is 2.05 bits per heavy atom. The smallest absolute Gasteiger partial charge is 0.275 e. The van der Waals surface area contributed by atoms with E-state index in [2.05, 4.69) is 4.98 Å². The lowest BCUT2D eigenvalue weighted by molar-refractivity contribution is -0.129. The van der Waals surface area contributed by atoms with E-state index in [-0.39, 0.29) is 24.1 Å². The molecule has 0 aliphatic carbocycles. The minimum absolute atomic E-state index is 0.0374. The van der Waals surface area contributed by atoms with Crippen molar-refractivity contribution in [3.8, 4) is 0 Å². The van der Waals surface area contributed by atoms with E-state index in [9.17, 15) is 9.59 Å². The lowest BCUT2D eigenvalue weighted by Crippen LogP contribution is -2.41. The van der Waals surface area contributed by atoms with Gasteiger partial charge in [-0.05, 0) is 18.6 Å². The van der Waals surface area contributed by atoms with Crippen LogP contribution >= 0.6 is 0 Å². The highest BCUT2D eigenvalue weighted by atomic mass is 16.2. The molecular weight excluding hydrogens is 244 g/mol. The highest BCUT2D eigenvalue weighted by Crippen LogP contribution is 2.11. The normalized spacial score (nSPS) is 10.1. The quantitative estimate of drug-likeness (QED) is 0.844. The van der Waals surface area contributed by atoms with Gasteiger partial charge in [-0.25, -0.2) is 4.98 Å². The van der Waals surface area contributed by atoms with E-state index in [1.807, 2.05) is 6.92 Å². The van der Waals surface area contributed by atoms with Crippen molar-refractivity contribution < 1.29 is 9.59 Å². The van der Waals surface area contributed by atoms with E-state index in [0.29, 0.717) is 12.2 Å². The van der Waals surface area contributed by atoms with E-state index in [4.69, 9.17) is 5.73 Å². The number of amides is 2. The second-order valence-corrected chi connectivity index (χ2v) is 4.46. The first-order valence-corrected chi connectivity index (χ1v) is 6.17. The van der Waals surface area contributed by atoms with Crippen LogP contribution in [-0.2, 0) is 4.79 Å². The maximum Gasteiger partial charge on any atom is 0.275 e. The van der Waals surface area contributed by atoms with Crippen LogP contribution in [0, 0.1) is 0 Å². The number of pyridine rings is 1. The van der Waals surface area contributed by atoms with Crippen molar-refractivity contribution in [3.05, 3.63) is 24.0 Å². The number of carbonyl (C=O) groups excluding carboxylic acids is 2. The molecule has 0 aliphatic heterocycles. The largest absolute Gasteiger partial charge is 0.397 e. The van der Waals surface area contributed by atoms with Crippen LogP contribution in [0.4, 0.5) is 5.69 Å². The van der Waals surface area contributed by atoms with Crippen molar-refractivity contribution in [2.24, 2.45) is 0 Å². The van der Waals surface area contributed by atoms with Gasteiger partial charge in [0.05, 0.1) is 5.69 Å². The van der Waals surface area contributed by atoms with Crippen LogP contribution in [0.25, 0.3) is 0 Å². The first kappa shape index (κ1) is 14.9. The van der Waals surface area contributed by atoms with Crippen molar-refractivity contribution in [1.29, 1.82) is 0 Å². The average molecular weight is 264 g/mol. The molecule has 2 N–H and O–H groups in total. The molecule has 0 fully saturated rings. The number of carbonyl (C=O) groups is 2. The van der Waals surface area contributed by atoms with E-state index in [0.717, 1.165) is 6.42 Å². The molecule has 0 saturated heterocycles. The molecule has 104 valence electrons. The molecule has 0 atom stereocenters. The number of hydrogen-bond acceptors (Lipinski definition) is 4. The Bertz CT molecular complexity index is 460. The number of nitrogen functional groups attached to an aromatic ring is 1. The predicted octanol–water partition coefficient (Wildman–Crippen LogP) is 0.604. The molecule has 1 rings (SSSR count). The molecule has 0 radical (unpaired) electrons. The van der Waals surface area contributed by atoms with Gasteiger partial charge in [0.1, 0.15) is 6.54 Å². The molecule has 19 heavy (non-hydrogen) atoms. The Balaban J connectivity index is 2.90.